The van der Waals surface area contributed by atoms with Gasteiger partial charge in [0.15, 0.2) is 0 Å². The maximum Gasteiger partial charge on any atom is 0.306 e. The predicted molar refractivity (Wildman–Crippen MR) is 87.3 cm³/mol. The summed E-state index contributed by atoms with van der Waals surface area (Å²) in [5.74, 6) is -0.876. The van der Waals surface area contributed by atoms with E-state index in [1.54, 1.807) is 31.5 Å². The van der Waals surface area contributed by atoms with Gasteiger partial charge in [0.1, 0.15) is 0 Å². The fraction of sp³-hybridized carbons (Fsp3) is 0.375. The van der Waals surface area contributed by atoms with Gasteiger partial charge in [-0.15, -0.1) is 0 Å². The first-order chi connectivity index (χ1) is 11.6. The molecule has 1 aromatic heterocycles. The van der Waals surface area contributed by atoms with Crippen LogP contribution in [0.2, 0.25) is 0 Å². The number of imidazole rings is 1. The average molecular weight is 332 g/mol. The van der Waals surface area contributed by atoms with E-state index < -0.39 is 5.97 Å². The Labute approximate surface area is 139 Å². The SMILES string of the molecule is CCOC(=O)CCC(=O)NCCNC(=O)c1ccc2nc[nH]c2c1. The second-order valence-electron chi connectivity index (χ2n) is 5.05. The van der Waals surface area contributed by atoms with Crippen LogP contribution in [0.4, 0.5) is 0 Å². The zero-order valence-electron chi connectivity index (χ0n) is 13.4. The Morgan fingerprint density at radius 2 is 1.96 bits per heavy atom. The van der Waals surface area contributed by atoms with E-state index in [0.717, 1.165) is 11.0 Å². The Balaban J connectivity index is 1.67. The minimum absolute atomic E-state index is 0.0518. The number of nitrogens with zero attached hydrogens (tertiary/aromatic N) is 1. The smallest absolute Gasteiger partial charge is 0.306 e. The van der Waals surface area contributed by atoms with E-state index in [4.69, 9.17) is 4.74 Å². The van der Waals surface area contributed by atoms with Gasteiger partial charge in [-0.1, -0.05) is 0 Å². The summed E-state index contributed by atoms with van der Waals surface area (Å²) in [6, 6.07) is 5.17. The molecule has 0 saturated heterocycles. The summed E-state index contributed by atoms with van der Waals surface area (Å²) in [5, 5.41) is 5.35. The number of nitrogens with one attached hydrogen (secondary N) is 3. The first-order valence-corrected chi connectivity index (χ1v) is 7.74. The van der Waals surface area contributed by atoms with Crippen molar-refractivity contribution in [3.05, 3.63) is 30.1 Å². The molecular weight excluding hydrogens is 312 g/mol. The molecule has 0 aliphatic carbocycles. The van der Waals surface area contributed by atoms with Gasteiger partial charge in [-0.25, -0.2) is 4.98 Å². The van der Waals surface area contributed by atoms with Crippen LogP contribution in [-0.4, -0.2) is 47.4 Å². The maximum atomic E-state index is 12.0. The van der Waals surface area contributed by atoms with Gasteiger partial charge < -0.3 is 20.4 Å². The summed E-state index contributed by atoms with van der Waals surface area (Å²) in [6.07, 6.45) is 1.69. The highest BCUT2D eigenvalue weighted by molar-refractivity contribution is 5.97. The Bertz CT molecular complexity index is 726. The third-order valence-electron chi connectivity index (χ3n) is 3.28. The number of aromatic nitrogens is 2. The molecule has 128 valence electrons. The van der Waals surface area contributed by atoms with Crippen LogP contribution in [0.15, 0.2) is 24.5 Å². The highest BCUT2D eigenvalue weighted by atomic mass is 16.5. The number of ether oxygens (including phenoxy) is 1. The molecule has 2 rings (SSSR count). The lowest BCUT2D eigenvalue weighted by molar-refractivity contribution is -0.144. The average Bonchev–Trinajstić information content (AvgIpc) is 3.04. The summed E-state index contributed by atoms with van der Waals surface area (Å²) >= 11 is 0. The fourth-order valence-electron chi connectivity index (χ4n) is 2.09. The molecule has 3 N–H and O–H groups in total. The number of amides is 2. The summed E-state index contributed by atoms with van der Waals surface area (Å²) in [5.41, 5.74) is 2.09. The molecule has 0 aliphatic heterocycles. The number of esters is 1. The molecule has 8 nitrogen and oxygen atoms in total. The normalized spacial score (nSPS) is 10.4. The van der Waals surface area contributed by atoms with Gasteiger partial charge in [0.05, 0.1) is 30.4 Å². The van der Waals surface area contributed by atoms with Crippen molar-refractivity contribution < 1.29 is 19.1 Å². The Morgan fingerprint density at radius 3 is 2.75 bits per heavy atom. The number of fused-ring (bicyclic) bond motifs is 1. The summed E-state index contributed by atoms with van der Waals surface area (Å²) in [7, 11) is 0. The summed E-state index contributed by atoms with van der Waals surface area (Å²) in [4.78, 5) is 41.7. The molecular formula is C16H20N4O4. The molecule has 0 bridgehead atoms. The van der Waals surface area contributed by atoms with E-state index in [9.17, 15) is 14.4 Å². The predicted octanol–water partition coefficient (Wildman–Crippen LogP) is 0.752. The minimum atomic E-state index is -0.393. The number of carbonyl (C=O) groups is 3. The van der Waals surface area contributed by atoms with Gasteiger partial charge in [-0.05, 0) is 25.1 Å². The van der Waals surface area contributed by atoms with Crippen molar-refractivity contribution in [2.75, 3.05) is 19.7 Å². The Kier molecular flexibility index (Phi) is 6.30. The van der Waals surface area contributed by atoms with Crippen LogP contribution >= 0.6 is 0 Å². The molecule has 0 aliphatic rings. The van der Waals surface area contributed by atoms with Crippen molar-refractivity contribution in [1.82, 2.24) is 20.6 Å². The molecule has 1 heterocycles. The van der Waals surface area contributed by atoms with E-state index in [2.05, 4.69) is 20.6 Å². The van der Waals surface area contributed by atoms with Crippen molar-refractivity contribution in [3.8, 4) is 0 Å². The molecule has 0 radical (unpaired) electrons. The third-order valence-corrected chi connectivity index (χ3v) is 3.28. The number of hydrogen-bond acceptors (Lipinski definition) is 5. The highest BCUT2D eigenvalue weighted by Gasteiger charge is 2.09. The van der Waals surface area contributed by atoms with Crippen molar-refractivity contribution in [3.63, 3.8) is 0 Å². The van der Waals surface area contributed by atoms with Crippen LogP contribution < -0.4 is 10.6 Å². The lowest BCUT2D eigenvalue weighted by atomic mass is 10.2. The van der Waals surface area contributed by atoms with Gasteiger partial charge in [0.2, 0.25) is 5.91 Å². The maximum absolute atomic E-state index is 12.0. The first kappa shape index (κ1) is 17.5. The molecule has 0 saturated carbocycles. The number of aromatic amines is 1. The zero-order valence-corrected chi connectivity index (χ0v) is 13.4. The number of H-pyrrole nitrogens is 1. The van der Waals surface area contributed by atoms with Crippen molar-refractivity contribution >= 4 is 28.8 Å². The van der Waals surface area contributed by atoms with Crippen LogP contribution in [0.25, 0.3) is 11.0 Å². The Morgan fingerprint density at radius 1 is 1.17 bits per heavy atom. The van der Waals surface area contributed by atoms with Crippen LogP contribution in [0.5, 0.6) is 0 Å². The van der Waals surface area contributed by atoms with Gasteiger partial charge >= 0.3 is 5.97 Å². The van der Waals surface area contributed by atoms with E-state index in [1.807, 2.05) is 0 Å². The summed E-state index contributed by atoms with van der Waals surface area (Å²) in [6.45, 7) is 2.60. The monoisotopic (exact) mass is 332 g/mol. The van der Waals surface area contributed by atoms with Crippen LogP contribution in [0, 0.1) is 0 Å². The molecule has 2 amide bonds. The van der Waals surface area contributed by atoms with E-state index in [1.165, 1.54) is 0 Å². The lowest BCUT2D eigenvalue weighted by Crippen LogP contribution is -2.34. The fourth-order valence-corrected chi connectivity index (χ4v) is 2.09. The van der Waals surface area contributed by atoms with Gasteiger partial charge in [-0.2, -0.15) is 0 Å². The van der Waals surface area contributed by atoms with E-state index in [-0.39, 0.29) is 24.7 Å². The van der Waals surface area contributed by atoms with E-state index >= 15 is 0 Å². The second kappa shape index (κ2) is 8.66. The largest absolute Gasteiger partial charge is 0.466 e. The van der Waals surface area contributed by atoms with Crippen molar-refractivity contribution in [2.24, 2.45) is 0 Å². The van der Waals surface area contributed by atoms with Gasteiger partial charge in [0, 0.05) is 25.1 Å². The van der Waals surface area contributed by atoms with Crippen LogP contribution in [0.3, 0.4) is 0 Å². The Hall–Kier alpha value is -2.90. The quantitative estimate of drug-likeness (QED) is 0.488. The molecule has 8 heteroatoms. The molecule has 0 spiro atoms. The third kappa shape index (κ3) is 5.08. The van der Waals surface area contributed by atoms with Gasteiger partial charge in [0.25, 0.3) is 5.91 Å². The molecule has 0 fully saturated rings. The van der Waals surface area contributed by atoms with Crippen molar-refractivity contribution in [2.45, 2.75) is 19.8 Å². The second-order valence-corrected chi connectivity index (χ2v) is 5.05. The number of rotatable bonds is 8. The van der Waals surface area contributed by atoms with Crippen LogP contribution in [0.1, 0.15) is 30.1 Å². The molecule has 2 aromatic rings. The number of hydrogen-bond donors (Lipinski definition) is 3. The summed E-state index contributed by atoms with van der Waals surface area (Å²) < 4.78 is 4.74. The first-order valence-electron chi connectivity index (χ1n) is 7.74. The molecule has 0 atom stereocenters. The van der Waals surface area contributed by atoms with E-state index in [0.29, 0.717) is 25.3 Å². The van der Waals surface area contributed by atoms with Crippen LogP contribution in [-0.2, 0) is 14.3 Å². The topological polar surface area (TPSA) is 113 Å². The van der Waals surface area contributed by atoms with Crippen molar-refractivity contribution in [1.29, 1.82) is 0 Å². The lowest BCUT2D eigenvalue weighted by Gasteiger charge is -2.07. The highest BCUT2D eigenvalue weighted by Crippen LogP contribution is 2.11. The number of benzene rings is 1. The standard InChI is InChI=1S/C16H20N4O4/c1-2-24-15(22)6-5-14(21)17-7-8-18-16(23)11-3-4-12-13(9-11)20-10-19-12/h3-4,9-10H,2,5-8H2,1H3,(H,17,21)(H,18,23)(H,19,20). The zero-order chi connectivity index (χ0) is 17.4. The molecule has 1 aromatic carbocycles. The minimum Gasteiger partial charge on any atom is -0.466 e. The molecule has 24 heavy (non-hydrogen) atoms. The molecule has 0 unspecified atom stereocenters. The number of carbonyl (C=O) groups excluding carboxylic acids is 3. The van der Waals surface area contributed by atoms with Gasteiger partial charge in [-0.3, -0.25) is 14.4 Å².